The Balaban J connectivity index is 1.03. The van der Waals surface area contributed by atoms with Crippen LogP contribution in [0.1, 0.15) is 152 Å². The number of aliphatic imine (C=N–C) groups is 1. The lowest BCUT2D eigenvalue weighted by Gasteiger charge is -2.70. The monoisotopic (exact) mass is 1290 g/mol. The molecule has 13 rings (SSSR count). The van der Waals surface area contributed by atoms with E-state index < -0.39 is 124 Å². The Bertz CT molecular complexity index is 3190. The smallest absolute Gasteiger partial charge is 0.313 e. The van der Waals surface area contributed by atoms with Gasteiger partial charge in [0.15, 0.2) is 23.8 Å². The third-order valence-corrected chi connectivity index (χ3v) is 28.6. The van der Waals surface area contributed by atoms with Gasteiger partial charge in [0.1, 0.15) is 11.8 Å². The number of cyclic esters (lactones) is 1. The molecule has 91 heavy (non-hydrogen) atoms. The second-order valence-electron chi connectivity index (χ2n) is 30.4. The summed E-state index contributed by atoms with van der Waals surface area (Å²) in [5.41, 5.74) is 9.19. The van der Waals surface area contributed by atoms with E-state index in [0.29, 0.717) is 48.7 Å². The number of guanidine groups is 1. The predicted molar refractivity (Wildman–Crippen MR) is 346 cm³/mol. The number of rotatable bonds is 8. The molecule has 2 saturated heterocycles. The number of carbonyl (C=O) groups excluding carboxylic acids is 3. The fourth-order valence-electron chi connectivity index (χ4n) is 22.3. The van der Waals surface area contributed by atoms with E-state index in [9.17, 15) is 45.6 Å². The van der Waals surface area contributed by atoms with Gasteiger partial charge in [0.05, 0.1) is 54.3 Å². The number of aromatic amines is 1. The third-order valence-electron chi connectivity index (χ3n) is 26.0. The number of nitrogens with one attached hydrogen (secondary N) is 2. The number of fused-ring (bicyclic) bond motifs is 10. The van der Waals surface area contributed by atoms with Gasteiger partial charge in [0.2, 0.25) is 0 Å². The first-order valence-corrected chi connectivity index (χ1v) is 36.7. The van der Waals surface area contributed by atoms with Crippen LogP contribution in [0.5, 0.6) is 5.75 Å². The van der Waals surface area contributed by atoms with Crippen molar-refractivity contribution in [3.05, 3.63) is 76.8 Å². The number of benzene rings is 1. The van der Waals surface area contributed by atoms with Crippen LogP contribution in [0, 0.1) is 111 Å². The standard InChI is InChI=1S/C71H97N5O13S2/c1-36-11-12-38-16-20-47-49(48(38)23-36)24-39(51-33-89-66(86)57(51)42-21-22-74-30-42)7-6-8-41-28-71(88)60-58(40-13-17-45(31-75-67(72)73)70(71,27-40)64(41)68(2,87)56(81)26-50(47)65(84)85)69(44-9-4-3-5-10-44)29-55(80)62(82)52-35-91-90-34-43(37-14-18-46(78)19-15-37)25-54(79)53(32-77)76-61(60)63(83)59(52)69/h14-16,18-19,21-22,30,36,39-41,43-45,47-53,55-59,62,64-65,74,76-78,80-82,84-85,87-88H,3-5,8-13,17,20,23-29,31-35H2,1-2H3,(H4,72,73,75). The molecule has 8 fully saturated rings. The highest BCUT2D eigenvalue weighted by Gasteiger charge is 2.80. The zero-order chi connectivity index (χ0) is 64.1. The number of H-pyrrole nitrogens is 1. The average Bonchev–Trinajstić information content (AvgIpc) is 1.62. The maximum absolute atomic E-state index is 17.0. The van der Waals surface area contributed by atoms with E-state index in [-0.39, 0.29) is 116 Å². The average molecular weight is 1290 g/mol. The lowest BCUT2D eigenvalue weighted by molar-refractivity contribution is -0.241. The molecule has 11 aliphatic rings. The Labute approximate surface area is 542 Å². The third kappa shape index (κ3) is 11.1. The molecule has 1 aromatic carbocycles. The number of nitrogens with zero attached hydrogens (tertiary/aromatic N) is 1. The first-order valence-electron chi connectivity index (χ1n) is 34.2. The molecule has 2 aliphatic heterocycles. The number of nitrogens with two attached hydrogens (primary N) is 2. The van der Waals surface area contributed by atoms with Crippen molar-refractivity contribution in [2.75, 3.05) is 31.3 Å². The maximum atomic E-state index is 17.0. The van der Waals surface area contributed by atoms with Gasteiger partial charge in [-0.05, 0) is 184 Å². The summed E-state index contributed by atoms with van der Waals surface area (Å²) >= 11 is 0. The number of ether oxygens (including phenoxy) is 1. The van der Waals surface area contributed by atoms with Crippen LogP contribution < -0.4 is 16.8 Å². The Kier molecular flexibility index (Phi) is 18.4. The second-order valence-corrected chi connectivity index (χ2v) is 33.0. The number of ketones is 2. The lowest BCUT2D eigenvalue weighted by atomic mass is 9.34. The number of aromatic nitrogens is 1. The van der Waals surface area contributed by atoms with Gasteiger partial charge in [-0.1, -0.05) is 77.5 Å². The van der Waals surface area contributed by atoms with Gasteiger partial charge in [0, 0.05) is 90.1 Å². The SMILES string of the molecule is CC1CCC2=CCC3C(C(O)O)CC(O)C(C)(O)C4C(CC#CC(C5COC(=O)C5c5cc[nH]c5)CC3C2C1)CC1(O)C2=C3NC(CO)C(=O)CC(c5ccc(O)cc5)CSSCC5C(O)C(O)CC(C6CCCCC6)(C2C2CCC(CN=C(N)N)C41C2)C5C3=O. The molecule has 9 aliphatic carbocycles. The molecule has 24 atom stereocenters. The molecule has 1 spiro atoms. The summed E-state index contributed by atoms with van der Waals surface area (Å²) in [5, 5.41) is 118. The van der Waals surface area contributed by atoms with E-state index >= 15 is 14.7 Å². The zero-order valence-corrected chi connectivity index (χ0v) is 54.3. The van der Waals surface area contributed by atoms with Crippen LogP contribution in [0.3, 0.4) is 0 Å². The Morgan fingerprint density at radius 3 is 2.36 bits per heavy atom. The summed E-state index contributed by atoms with van der Waals surface area (Å²) in [7, 11) is 3.03. The minimum absolute atomic E-state index is 0.0102. The second kappa shape index (κ2) is 25.6. The highest BCUT2D eigenvalue weighted by molar-refractivity contribution is 8.76. The van der Waals surface area contributed by atoms with Gasteiger partial charge >= 0.3 is 5.97 Å². The van der Waals surface area contributed by atoms with Crippen molar-refractivity contribution in [1.29, 1.82) is 0 Å². The molecule has 4 bridgehead atoms. The number of phenols is 1. The van der Waals surface area contributed by atoms with E-state index in [1.54, 1.807) is 37.4 Å². The van der Waals surface area contributed by atoms with Gasteiger partial charge in [0.25, 0.3) is 0 Å². The number of Topliss-reactive ketones (excluding diaryl/α,β-unsaturated/α-hetero) is 2. The number of allylic oxidation sites excluding steroid dienone is 3. The fraction of sp³-hybridized carbons (Fsp3) is 0.718. The van der Waals surface area contributed by atoms with Gasteiger partial charge in [-0.2, -0.15) is 0 Å². The van der Waals surface area contributed by atoms with Crippen molar-refractivity contribution in [2.45, 2.75) is 183 Å². The number of esters is 1. The molecule has 3 heterocycles. The van der Waals surface area contributed by atoms with Crippen LogP contribution in [0.4, 0.5) is 0 Å². The van der Waals surface area contributed by atoms with Crippen molar-refractivity contribution in [3.63, 3.8) is 0 Å². The molecule has 20 heteroatoms. The number of phenolic OH excluding ortho intramolecular Hbond substituents is 1. The minimum Gasteiger partial charge on any atom is -0.508 e. The van der Waals surface area contributed by atoms with Crippen LogP contribution in [0.15, 0.2) is 70.6 Å². The summed E-state index contributed by atoms with van der Waals surface area (Å²) in [6, 6.07) is 7.26. The van der Waals surface area contributed by atoms with E-state index in [0.717, 1.165) is 62.5 Å². The molecular formula is C71H97N5O13S2. The highest BCUT2D eigenvalue weighted by Crippen LogP contribution is 2.79. The van der Waals surface area contributed by atoms with Crippen LogP contribution in [-0.2, 0) is 19.1 Å². The predicted octanol–water partition coefficient (Wildman–Crippen LogP) is 6.34. The Hall–Kier alpha value is -4.40. The van der Waals surface area contributed by atoms with Crippen molar-refractivity contribution in [3.8, 4) is 17.6 Å². The normalized spacial score (nSPS) is 44.5. The van der Waals surface area contributed by atoms with Crippen LogP contribution in [-0.4, -0.2) is 148 Å². The summed E-state index contributed by atoms with van der Waals surface area (Å²) in [6.45, 7) is 3.31. The topological polar surface area (TPSA) is 335 Å². The summed E-state index contributed by atoms with van der Waals surface area (Å²) in [5.74, 6) is -0.949. The molecule has 15 N–H and O–H groups in total. The largest absolute Gasteiger partial charge is 0.508 e. The van der Waals surface area contributed by atoms with Crippen molar-refractivity contribution < 1.29 is 65.1 Å². The van der Waals surface area contributed by atoms with E-state index in [1.807, 2.05) is 12.3 Å². The fourth-order valence-corrected chi connectivity index (χ4v) is 25.1. The molecule has 24 unspecified atom stereocenters. The number of carbonyl (C=O) groups is 3. The molecule has 6 saturated carbocycles. The van der Waals surface area contributed by atoms with Crippen LogP contribution >= 0.6 is 21.6 Å². The number of hydrogen-bond donors (Lipinski definition) is 13. The zero-order valence-electron chi connectivity index (χ0n) is 52.7. The number of aromatic hydroxyl groups is 1. The Morgan fingerprint density at radius 1 is 0.868 bits per heavy atom. The van der Waals surface area contributed by atoms with Crippen molar-refractivity contribution in [1.82, 2.24) is 10.3 Å². The first-order chi connectivity index (χ1) is 43.6. The lowest BCUT2D eigenvalue weighted by Crippen LogP contribution is -2.73. The molecule has 18 nitrogen and oxygen atoms in total. The van der Waals surface area contributed by atoms with E-state index in [4.69, 9.17) is 21.2 Å². The minimum atomic E-state index is -2.11. The van der Waals surface area contributed by atoms with Gasteiger partial charge in [-0.15, -0.1) is 5.92 Å². The van der Waals surface area contributed by atoms with Crippen LogP contribution in [0.2, 0.25) is 0 Å². The van der Waals surface area contributed by atoms with Crippen molar-refractivity contribution >= 4 is 45.1 Å². The molecular weight excluding hydrogens is 1190 g/mol. The summed E-state index contributed by atoms with van der Waals surface area (Å²) < 4.78 is 5.98. The van der Waals surface area contributed by atoms with E-state index in [2.05, 4.69) is 35.1 Å². The molecule has 0 amide bonds. The number of aliphatic hydroxyl groups is 8. The van der Waals surface area contributed by atoms with Crippen molar-refractivity contribution in [2.24, 2.45) is 116 Å². The van der Waals surface area contributed by atoms with Gasteiger partial charge in [-0.25, -0.2) is 0 Å². The van der Waals surface area contributed by atoms with Gasteiger partial charge < -0.3 is 72.5 Å². The maximum Gasteiger partial charge on any atom is 0.313 e. The number of aliphatic hydroxyl groups excluding tert-OH is 5. The number of hydrogen-bond acceptors (Lipinski definition) is 17. The van der Waals surface area contributed by atoms with Gasteiger partial charge in [-0.3, -0.25) is 19.4 Å². The molecule has 0 radical (unpaired) electrons. The summed E-state index contributed by atoms with van der Waals surface area (Å²) in [4.78, 5) is 54.1. The molecule has 2 aromatic rings. The molecule has 496 valence electrons. The van der Waals surface area contributed by atoms with E-state index in [1.165, 1.54) is 27.2 Å². The summed E-state index contributed by atoms with van der Waals surface area (Å²) in [6.07, 6.45) is 9.12. The quantitative estimate of drug-likeness (QED) is 0.0261. The molecule has 1 aromatic heterocycles. The van der Waals surface area contributed by atoms with Crippen LogP contribution in [0.25, 0.3) is 0 Å². The first kappa shape index (κ1) is 65.3. The highest BCUT2D eigenvalue weighted by atomic mass is 33.1. The Morgan fingerprint density at radius 2 is 1.64 bits per heavy atom.